The first kappa shape index (κ1) is 28.3. The lowest BCUT2D eigenvalue weighted by molar-refractivity contribution is -0.483. The van der Waals surface area contributed by atoms with Gasteiger partial charge in [0.05, 0.1) is 18.8 Å². The fourth-order valence-corrected chi connectivity index (χ4v) is 2.95. The van der Waals surface area contributed by atoms with Crippen molar-refractivity contribution in [1.82, 2.24) is 0 Å². The number of benzene rings is 2. The second-order valence-corrected chi connectivity index (χ2v) is 7.32. The Bertz CT molecular complexity index is 828. The van der Waals surface area contributed by atoms with Crippen molar-refractivity contribution in [2.75, 3.05) is 13.1 Å². The third kappa shape index (κ3) is 11.3. The van der Waals surface area contributed by atoms with E-state index in [-0.39, 0.29) is 26.2 Å². The molecule has 10 heteroatoms. The molecule has 0 amide bonds. The van der Waals surface area contributed by atoms with Crippen LogP contribution in [0, 0.1) is 10.1 Å². The van der Waals surface area contributed by atoms with E-state index in [2.05, 4.69) is 0 Å². The zero-order valence-electron chi connectivity index (χ0n) is 15.9. The van der Waals surface area contributed by atoms with Gasteiger partial charge in [0.15, 0.2) is 0 Å². The van der Waals surface area contributed by atoms with E-state index < -0.39 is 29.3 Å². The van der Waals surface area contributed by atoms with Crippen molar-refractivity contribution in [1.29, 1.82) is 0 Å². The van der Waals surface area contributed by atoms with Crippen molar-refractivity contribution in [3.8, 4) is 0 Å². The van der Waals surface area contributed by atoms with E-state index in [0.29, 0.717) is 22.2 Å². The SMILES string of the molecule is C.NC[C@H](CC(=O)O)c1ccc(Cl)cc1.O=C(O)C[C@@H](C[N+](=O)[O-])c1ccc(Cl)cc1. The van der Waals surface area contributed by atoms with Crippen LogP contribution in [0.4, 0.5) is 0 Å². The summed E-state index contributed by atoms with van der Waals surface area (Å²) < 4.78 is 0. The number of nitrogens with two attached hydrogens (primary N) is 1. The predicted molar refractivity (Wildman–Crippen MR) is 121 cm³/mol. The Hall–Kier alpha value is -2.68. The van der Waals surface area contributed by atoms with Gasteiger partial charge >= 0.3 is 11.9 Å². The first-order valence-corrected chi connectivity index (χ1v) is 9.64. The van der Waals surface area contributed by atoms with Crippen LogP contribution in [0.25, 0.3) is 0 Å². The largest absolute Gasteiger partial charge is 0.481 e. The number of hydrogen-bond donors (Lipinski definition) is 3. The van der Waals surface area contributed by atoms with Crippen molar-refractivity contribution in [2.24, 2.45) is 5.73 Å². The number of nitrogens with zero attached hydrogens (tertiary/aromatic N) is 1. The molecule has 0 spiro atoms. The number of halogens is 2. The van der Waals surface area contributed by atoms with Crippen LogP contribution in [0.2, 0.25) is 10.0 Å². The van der Waals surface area contributed by atoms with Gasteiger partial charge in [-0.3, -0.25) is 19.7 Å². The van der Waals surface area contributed by atoms with Crippen LogP contribution < -0.4 is 5.73 Å². The zero-order valence-corrected chi connectivity index (χ0v) is 17.4. The number of aliphatic carboxylic acids is 2. The number of carboxylic acid groups (broad SMARTS) is 2. The second-order valence-electron chi connectivity index (χ2n) is 6.44. The van der Waals surface area contributed by atoms with Crippen LogP contribution >= 0.6 is 23.2 Å². The van der Waals surface area contributed by atoms with Crippen LogP contribution in [-0.2, 0) is 9.59 Å². The summed E-state index contributed by atoms with van der Waals surface area (Å²) in [6.07, 6.45) is -0.208. The lowest BCUT2D eigenvalue weighted by Crippen LogP contribution is -2.16. The molecule has 0 radical (unpaired) electrons. The third-order valence-electron chi connectivity index (χ3n) is 4.18. The van der Waals surface area contributed by atoms with E-state index in [9.17, 15) is 19.7 Å². The molecule has 0 saturated carbocycles. The van der Waals surface area contributed by atoms with Gasteiger partial charge in [0.25, 0.3) is 0 Å². The molecule has 0 aliphatic carbocycles. The van der Waals surface area contributed by atoms with E-state index >= 15 is 0 Å². The standard InChI is InChI=1S/C10H10ClNO4.C10H12ClNO2.CH4/c11-9-3-1-7(2-4-9)8(5-10(13)14)6-12(15)16;11-9-3-1-7(2-4-9)8(6-12)5-10(13)14;/h1-4,8H,5-6H2,(H,13,14);1-4,8H,5-6,12H2,(H,13,14);1H4/t2*8-;/m00./s1. The molecule has 0 aliphatic heterocycles. The fourth-order valence-electron chi connectivity index (χ4n) is 2.70. The molecule has 0 fully saturated rings. The Balaban J connectivity index is 0.000000567. The molecule has 0 unspecified atom stereocenters. The van der Waals surface area contributed by atoms with Gasteiger partial charge in [0.1, 0.15) is 0 Å². The van der Waals surface area contributed by atoms with Gasteiger partial charge < -0.3 is 15.9 Å². The van der Waals surface area contributed by atoms with Crippen molar-refractivity contribution < 1.29 is 24.7 Å². The minimum atomic E-state index is -1.05. The lowest BCUT2D eigenvalue weighted by atomic mass is 9.96. The van der Waals surface area contributed by atoms with Crippen LogP contribution in [0.3, 0.4) is 0 Å². The number of nitro groups is 1. The summed E-state index contributed by atoms with van der Waals surface area (Å²) in [5.74, 6) is -2.65. The molecule has 0 heterocycles. The summed E-state index contributed by atoms with van der Waals surface area (Å²) in [4.78, 5) is 31.0. The van der Waals surface area contributed by atoms with Crippen molar-refractivity contribution in [3.63, 3.8) is 0 Å². The summed E-state index contributed by atoms with van der Waals surface area (Å²) in [5, 5.41) is 28.9. The minimum Gasteiger partial charge on any atom is -0.481 e. The van der Waals surface area contributed by atoms with Crippen LogP contribution in [0.15, 0.2) is 48.5 Å². The maximum Gasteiger partial charge on any atom is 0.304 e. The van der Waals surface area contributed by atoms with E-state index in [1.165, 1.54) is 0 Å². The molecule has 0 aliphatic rings. The molecule has 0 aromatic heterocycles. The maximum atomic E-state index is 10.6. The summed E-state index contributed by atoms with van der Waals surface area (Å²) in [6, 6.07) is 13.5. The van der Waals surface area contributed by atoms with E-state index in [0.717, 1.165) is 5.56 Å². The van der Waals surface area contributed by atoms with Crippen LogP contribution in [-0.4, -0.2) is 40.2 Å². The molecule has 2 aromatic carbocycles. The number of rotatable bonds is 9. The Labute approximate surface area is 190 Å². The first-order chi connectivity index (χ1) is 14.1. The molecular formula is C21H26Cl2N2O6. The highest BCUT2D eigenvalue weighted by atomic mass is 35.5. The highest BCUT2D eigenvalue weighted by Gasteiger charge is 2.21. The molecule has 4 N–H and O–H groups in total. The Morgan fingerprint density at radius 2 is 1.23 bits per heavy atom. The average Bonchev–Trinajstić information content (AvgIpc) is 2.66. The van der Waals surface area contributed by atoms with Crippen LogP contribution in [0.1, 0.15) is 43.2 Å². The third-order valence-corrected chi connectivity index (χ3v) is 4.68. The Morgan fingerprint density at radius 3 is 1.55 bits per heavy atom. The topological polar surface area (TPSA) is 144 Å². The maximum absolute atomic E-state index is 10.6. The van der Waals surface area contributed by atoms with E-state index in [1.54, 1.807) is 36.4 Å². The number of hydrogen-bond acceptors (Lipinski definition) is 5. The average molecular weight is 473 g/mol. The zero-order chi connectivity index (χ0) is 22.7. The molecule has 0 saturated heterocycles. The van der Waals surface area contributed by atoms with Gasteiger partial charge in [0, 0.05) is 20.9 Å². The highest BCUT2D eigenvalue weighted by molar-refractivity contribution is 6.30. The van der Waals surface area contributed by atoms with E-state index in [4.69, 9.17) is 39.1 Å². The number of carbonyl (C=O) groups is 2. The van der Waals surface area contributed by atoms with Crippen LogP contribution in [0.5, 0.6) is 0 Å². The molecule has 31 heavy (non-hydrogen) atoms. The predicted octanol–water partition coefficient (Wildman–Crippen LogP) is 4.67. The van der Waals surface area contributed by atoms with Crippen molar-refractivity contribution in [3.05, 3.63) is 79.8 Å². The quantitative estimate of drug-likeness (QED) is 0.355. The second kappa shape index (κ2) is 14.3. The molecule has 2 aromatic rings. The molecular weight excluding hydrogens is 447 g/mol. The van der Waals surface area contributed by atoms with Gasteiger partial charge in [-0.1, -0.05) is 54.9 Å². The minimum absolute atomic E-state index is 0. The first-order valence-electron chi connectivity index (χ1n) is 8.88. The fraction of sp³-hybridized carbons (Fsp3) is 0.333. The molecule has 170 valence electrons. The van der Waals surface area contributed by atoms with Gasteiger partial charge in [-0.2, -0.15) is 0 Å². The number of carboxylic acids is 2. The Kier molecular flexibility index (Phi) is 13.1. The Morgan fingerprint density at radius 1 is 0.871 bits per heavy atom. The molecule has 0 bridgehead atoms. The monoisotopic (exact) mass is 472 g/mol. The van der Waals surface area contributed by atoms with E-state index in [1.807, 2.05) is 12.1 Å². The molecule has 2 rings (SSSR count). The summed E-state index contributed by atoms with van der Waals surface area (Å²) in [7, 11) is 0. The molecule has 8 nitrogen and oxygen atoms in total. The molecule has 2 atom stereocenters. The van der Waals surface area contributed by atoms with Gasteiger partial charge in [0.2, 0.25) is 6.54 Å². The highest BCUT2D eigenvalue weighted by Crippen LogP contribution is 2.22. The van der Waals surface area contributed by atoms with Gasteiger partial charge in [-0.25, -0.2) is 0 Å². The van der Waals surface area contributed by atoms with Crippen molar-refractivity contribution >= 4 is 35.1 Å². The normalized spacial score (nSPS) is 11.8. The summed E-state index contributed by atoms with van der Waals surface area (Å²) in [6.45, 7) is -0.0676. The smallest absolute Gasteiger partial charge is 0.304 e. The summed E-state index contributed by atoms with van der Waals surface area (Å²) >= 11 is 11.4. The van der Waals surface area contributed by atoms with Gasteiger partial charge in [-0.15, -0.1) is 0 Å². The van der Waals surface area contributed by atoms with Crippen molar-refractivity contribution in [2.45, 2.75) is 32.1 Å². The van der Waals surface area contributed by atoms with Gasteiger partial charge in [-0.05, 0) is 41.9 Å². The summed E-state index contributed by atoms with van der Waals surface area (Å²) in [5.41, 5.74) is 7.03. The lowest BCUT2D eigenvalue weighted by Gasteiger charge is -2.12.